The summed E-state index contributed by atoms with van der Waals surface area (Å²) in [5, 5.41) is 3.69. The number of nitrogens with zero attached hydrogens (tertiary/aromatic N) is 5. The number of Topliss-reactive ketones (excluding diaryl/α,β-unsaturated/α-hetero) is 5. The summed E-state index contributed by atoms with van der Waals surface area (Å²) in [6.07, 6.45) is 18.7. The van der Waals surface area contributed by atoms with Crippen LogP contribution in [0.25, 0.3) is 54.8 Å². The Hall–Kier alpha value is -13.5. The summed E-state index contributed by atoms with van der Waals surface area (Å²) in [5.74, 6) is 3.61. The molecule has 0 atom stereocenters. The number of carbonyl (C=O) groups is 5. The van der Waals surface area contributed by atoms with Crippen LogP contribution in [0.15, 0.2) is 253 Å². The molecule has 1 aliphatic rings. The number of rotatable bonds is 24. The molecule has 1 saturated heterocycles. The SMILES string of the molecule is C#CCN(CC#C)c1ccc2cc(C(C)=O)c(=O)oc2c1.C=CCN(CC=C)c1ccc2cc(C(C)=O)c(=O)oc2c1.CC(=O)c1cc2ccc(N(Cc3ccccc3)Cc3ccccc3)cc2oc1=O.CC(=O)c1cc2ccc(N3CCCC3)cc2oc1=O.CCCN(CCC)c1ccc2cc(C(C)=O)c(=O)oc2c1. The molecule has 1 fully saturated rings. The predicted molar refractivity (Wildman–Crippen MR) is 442 cm³/mol. The van der Waals surface area contributed by atoms with Crippen LogP contribution in [0.4, 0.5) is 28.4 Å². The van der Waals surface area contributed by atoms with Crippen LogP contribution in [0, 0.1) is 24.7 Å². The number of hydrogen-bond acceptors (Lipinski definition) is 20. The van der Waals surface area contributed by atoms with Crippen molar-refractivity contribution in [2.75, 3.05) is 76.9 Å². The molecule has 566 valence electrons. The molecule has 0 N–H and O–H groups in total. The van der Waals surface area contributed by atoms with E-state index in [2.05, 4.69) is 77.8 Å². The number of hydrogen-bond donors (Lipinski definition) is 0. The van der Waals surface area contributed by atoms with E-state index >= 15 is 0 Å². The molecule has 0 saturated carbocycles. The standard InChI is InChI=1S/C25H21NO3.C17H21NO3.C17H17NO3.C17H13NO3.C15H15NO3/c1-18(27)23-14-21-12-13-22(15-24(21)29-25(23)28)26(16-19-8-4-2-5-9-19)17-20-10-6-3-7-11-20;3*1-4-8-18(9-5-2)14-7-6-13-10-15(12(3)19)17(20)21-16(13)11-14;1-10(17)13-8-11-4-5-12(16-6-2-3-7-16)9-14(11)19-15(13)18/h2-15H,16-17H2,1H3;6-7,10-11H,4-5,8-9H2,1-3H3;4-7,10-11H,1-2,8-9H2,3H3;1-2,6-7,10-11H,8-9H2,3H3;4-5,8-9H,2-3,6-7H2,1H3. The third-order valence-electron chi connectivity index (χ3n) is 18.1. The van der Waals surface area contributed by atoms with E-state index in [9.17, 15) is 47.9 Å². The van der Waals surface area contributed by atoms with Gasteiger partial charge in [-0.15, -0.1) is 26.0 Å². The van der Waals surface area contributed by atoms with Crippen molar-refractivity contribution in [1.29, 1.82) is 0 Å². The lowest BCUT2D eigenvalue weighted by atomic mass is 10.1. The van der Waals surface area contributed by atoms with Gasteiger partial charge in [-0.1, -0.05) is 98.5 Å². The molecular formula is C91H87N5O15. The lowest BCUT2D eigenvalue weighted by Crippen LogP contribution is -2.24. The smallest absolute Gasteiger partial charge is 0.347 e. The van der Waals surface area contributed by atoms with E-state index in [0.717, 1.165) is 102 Å². The van der Waals surface area contributed by atoms with E-state index in [0.29, 0.717) is 59.5 Å². The minimum absolute atomic E-state index is 0.0411. The molecule has 1 aliphatic heterocycles. The molecule has 0 radical (unpaired) electrons. The first-order chi connectivity index (χ1) is 53.4. The molecule has 0 amide bonds. The zero-order chi connectivity index (χ0) is 79.8. The molecule has 20 heteroatoms. The molecule has 20 nitrogen and oxygen atoms in total. The van der Waals surface area contributed by atoms with E-state index < -0.39 is 28.1 Å². The average Bonchev–Trinajstić information content (AvgIpc) is 1.21. The molecule has 13 rings (SSSR count). The Morgan fingerprint density at radius 2 is 0.676 bits per heavy atom. The molecule has 6 heterocycles. The van der Waals surface area contributed by atoms with E-state index in [4.69, 9.17) is 34.9 Å². The highest BCUT2D eigenvalue weighted by molar-refractivity contribution is 6.00. The third kappa shape index (κ3) is 21.5. The minimum Gasteiger partial charge on any atom is -0.422 e. The lowest BCUT2D eigenvalue weighted by Gasteiger charge is -2.25. The van der Waals surface area contributed by atoms with E-state index in [1.54, 1.807) is 59.5 Å². The Labute approximate surface area is 642 Å². The van der Waals surface area contributed by atoms with E-state index in [-0.39, 0.29) is 56.7 Å². The Kier molecular flexibility index (Phi) is 28.6. The van der Waals surface area contributed by atoms with Crippen molar-refractivity contribution in [3.63, 3.8) is 0 Å². The zero-order valence-electron chi connectivity index (χ0n) is 63.3. The van der Waals surface area contributed by atoms with Crippen molar-refractivity contribution in [1.82, 2.24) is 0 Å². The maximum atomic E-state index is 12.1. The van der Waals surface area contributed by atoms with E-state index in [1.807, 2.05) is 114 Å². The van der Waals surface area contributed by atoms with Crippen molar-refractivity contribution < 1.29 is 46.1 Å². The van der Waals surface area contributed by atoms with Gasteiger partial charge in [-0.3, -0.25) is 24.0 Å². The largest absolute Gasteiger partial charge is 0.422 e. The van der Waals surface area contributed by atoms with Crippen molar-refractivity contribution in [2.24, 2.45) is 0 Å². The molecule has 0 aliphatic carbocycles. The summed E-state index contributed by atoms with van der Waals surface area (Å²) in [6, 6.07) is 56.6. The average molecular weight is 1490 g/mol. The second-order valence-electron chi connectivity index (χ2n) is 26.4. The number of ketones is 5. The number of anilines is 5. The normalized spacial score (nSPS) is 11.3. The fourth-order valence-corrected chi connectivity index (χ4v) is 12.5. The van der Waals surface area contributed by atoms with Gasteiger partial charge < -0.3 is 46.6 Å². The highest BCUT2D eigenvalue weighted by Crippen LogP contribution is 2.30. The van der Waals surface area contributed by atoms with Crippen LogP contribution in [0.2, 0.25) is 0 Å². The highest BCUT2D eigenvalue weighted by atomic mass is 16.4. The van der Waals surface area contributed by atoms with Gasteiger partial charge in [0.1, 0.15) is 55.7 Å². The monoisotopic (exact) mass is 1490 g/mol. The van der Waals surface area contributed by atoms with Crippen molar-refractivity contribution in [2.45, 2.75) is 87.2 Å². The van der Waals surface area contributed by atoms with Gasteiger partial charge in [0.2, 0.25) is 0 Å². The van der Waals surface area contributed by atoms with Crippen LogP contribution in [0.3, 0.4) is 0 Å². The summed E-state index contributed by atoms with van der Waals surface area (Å²) in [4.78, 5) is 127. The first-order valence-electron chi connectivity index (χ1n) is 36.3. The molecule has 111 heavy (non-hydrogen) atoms. The second-order valence-corrected chi connectivity index (χ2v) is 26.4. The van der Waals surface area contributed by atoms with E-state index in [1.165, 1.54) is 64.7 Å². The summed E-state index contributed by atoms with van der Waals surface area (Å²) < 4.78 is 26.4. The fraction of sp³-hybridized carbons (Fsp3) is 0.231. The molecular weight excluding hydrogens is 1400 g/mol. The Bertz CT molecular complexity index is 5760. The van der Waals surface area contributed by atoms with Crippen molar-refractivity contribution in [3.05, 3.63) is 298 Å². The summed E-state index contributed by atoms with van der Waals surface area (Å²) in [6.45, 7) is 26.0. The molecule has 0 unspecified atom stereocenters. The Balaban J connectivity index is 0.000000161. The van der Waals surface area contributed by atoms with Crippen LogP contribution >= 0.6 is 0 Å². The first kappa shape index (κ1) is 81.6. The molecule has 7 aromatic carbocycles. The topological polar surface area (TPSA) is 253 Å². The summed E-state index contributed by atoms with van der Waals surface area (Å²) in [7, 11) is 0. The van der Waals surface area contributed by atoms with Gasteiger partial charge in [0.15, 0.2) is 28.9 Å². The summed E-state index contributed by atoms with van der Waals surface area (Å²) in [5.41, 5.74) is 6.95. The van der Waals surface area contributed by atoms with Crippen molar-refractivity contribution in [3.8, 4) is 24.7 Å². The summed E-state index contributed by atoms with van der Waals surface area (Å²) >= 11 is 0. The maximum absolute atomic E-state index is 12.1. The molecule has 0 spiro atoms. The fourth-order valence-electron chi connectivity index (χ4n) is 12.5. The Morgan fingerprint density at radius 1 is 0.387 bits per heavy atom. The molecule has 5 aromatic heterocycles. The van der Waals surface area contributed by atoms with Crippen molar-refractivity contribution >= 4 is 112 Å². The minimum atomic E-state index is -0.646. The van der Waals surface area contributed by atoms with Gasteiger partial charge in [0.25, 0.3) is 0 Å². The van der Waals surface area contributed by atoms with Gasteiger partial charge in [-0.25, -0.2) is 24.0 Å². The maximum Gasteiger partial charge on any atom is 0.347 e. The van der Waals surface area contributed by atoms with Gasteiger partial charge in [-0.05, 0) is 162 Å². The number of terminal acetylenes is 2. The van der Waals surface area contributed by atoms with Gasteiger partial charge in [0, 0.05) is 138 Å². The first-order valence-corrected chi connectivity index (χ1v) is 36.3. The zero-order valence-corrected chi connectivity index (χ0v) is 63.3. The van der Waals surface area contributed by atoms with Crippen LogP contribution < -0.4 is 52.6 Å². The second kappa shape index (κ2) is 38.9. The highest BCUT2D eigenvalue weighted by Gasteiger charge is 2.20. The van der Waals surface area contributed by atoms with Gasteiger partial charge in [-0.2, -0.15) is 0 Å². The third-order valence-corrected chi connectivity index (χ3v) is 18.1. The van der Waals surface area contributed by atoms with Gasteiger partial charge >= 0.3 is 28.1 Å². The number of fused-ring (bicyclic) bond motifs is 5. The van der Waals surface area contributed by atoms with Crippen LogP contribution in [0.1, 0.15) is 137 Å². The molecule has 0 bridgehead atoms. The quantitative estimate of drug-likeness (QED) is 0.0236. The van der Waals surface area contributed by atoms with Crippen LogP contribution in [-0.2, 0) is 13.1 Å². The number of carbonyl (C=O) groups excluding carboxylic acids is 5. The van der Waals surface area contributed by atoms with Gasteiger partial charge in [0.05, 0.1) is 13.1 Å². The number of benzene rings is 7. The lowest BCUT2D eigenvalue weighted by molar-refractivity contribution is 0.100. The van der Waals surface area contributed by atoms with Crippen LogP contribution in [0.5, 0.6) is 0 Å². The predicted octanol–water partition coefficient (Wildman–Crippen LogP) is 16.7. The Morgan fingerprint density at radius 3 is 0.973 bits per heavy atom. The van der Waals surface area contributed by atoms with Crippen LogP contribution in [-0.4, -0.2) is 81.3 Å². The molecule has 12 aromatic rings.